The summed E-state index contributed by atoms with van der Waals surface area (Å²) in [5.74, 6) is 0. The third kappa shape index (κ3) is 2.61. The molecule has 0 spiro atoms. The molecule has 2 aromatic heterocycles. The van der Waals surface area contributed by atoms with Crippen molar-refractivity contribution in [2.24, 2.45) is 14.1 Å². The maximum Gasteiger partial charge on any atom is 0.332 e. The molecule has 1 N–H and O–H groups in total. The molecule has 0 amide bonds. The molecule has 1 saturated carbocycles. The second kappa shape index (κ2) is 6.08. The van der Waals surface area contributed by atoms with Gasteiger partial charge in [0, 0.05) is 33.2 Å². The van der Waals surface area contributed by atoms with Crippen LogP contribution in [0.15, 0.2) is 15.9 Å². The van der Waals surface area contributed by atoms with Gasteiger partial charge >= 0.3 is 5.69 Å². The van der Waals surface area contributed by atoms with E-state index in [1.165, 1.54) is 43.7 Å². The van der Waals surface area contributed by atoms with Crippen molar-refractivity contribution < 1.29 is 0 Å². The van der Waals surface area contributed by atoms with E-state index in [1.807, 2.05) is 4.57 Å². The van der Waals surface area contributed by atoms with Gasteiger partial charge in [0.15, 0.2) is 11.2 Å². The Morgan fingerprint density at radius 2 is 1.91 bits per heavy atom. The predicted molar refractivity (Wildman–Crippen MR) is 85.1 cm³/mol. The number of aromatic nitrogens is 4. The summed E-state index contributed by atoms with van der Waals surface area (Å²) in [6.07, 6.45) is 8.06. The highest BCUT2D eigenvalue weighted by molar-refractivity contribution is 5.69. The standard InChI is InChI=1S/C15H23N5O2/c1-18-13-12(14(21)19(2)15(18)22)20(10-17-13)9-8-16-11-6-4-3-5-7-11/h10-11,16H,3-9H2,1-2H3. The van der Waals surface area contributed by atoms with Gasteiger partial charge in [0.1, 0.15) is 0 Å². The fraction of sp³-hybridized carbons (Fsp3) is 0.667. The highest BCUT2D eigenvalue weighted by Crippen LogP contribution is 2.17. The zero-order valence-electron chi connectivity index (χ0n) is 13.2. The van der Waals surface area contributed by atoms with E-state index in [0.29, 0.717) is 23.8 Å². The van der Waals surface area contributed by atoms with Crippen LogP contribution in [-0.4, -0.2) is 31.3 Å². The summed E-state index contributed by atoms with van der Waals surface area (Å²) in [6.45, 7) is 1.49. The third-order valence-corrected chi connectivity index (χ3v) is 4.61. The van der Waals surface area contributed by atoms with Crippen LogP contribution in [-0.2, 0) is 20.6 Å². The van der Waals surface area contributed by atoms with Gasteiger partial charge in [0.05, 0.1) is 6.33 Å². The van der Waals surface area contributed by atoms with Gasteiger partial charge < -0.3 is 9.88 Å². The molecule has 120 valence electrons. The molecule has 0 aromatic carbocycles. The quantitative estimate of drug-likeness (QED) is 0.885. The first kappa shape index (κ1) is 15.0. The zero-order valence-corrected chi connectivity index (χ0v) is 13.2. The fourth-order valence-corrected chi connectivity index (χ4v) is 3.26. The lowest BCUT2D eigenvalue weighted by Crippen LogP contribution is -2.38. The summed E-state index contributed by atoms with van der Waals surface area (Å²) >= 11 is 0. The SMILES string of the molecule is Cn1c(=O)c2c(ncn2CCNC2CCCCC2)n(C)c1=O. The van der Waals surface area contributed by atoms with E-state index < -0.39 is 0 Å². The van der Waals surface area contributed by atoms with Crippen LogP contribution in [0.25, 0.3) is 11.2 Å². The molecule has 0 bridgehead atoms. The van der Waals surface area contributed by atoms with Gasteiger partial charge in [0.25, 0.3) is 5.56 Å². The number of hydrogen-bond donors (Lipinski definition) is 1. The van der Waals surface area contributed by atoms with Gasteiger partial charge in [0.2, 0.25) is 0 Å². The molecular weight excluding hydrogens is 282 g/mol. The predicted octanol–water partition coefficient (Wildman–Crippen LogP) is 0.356. The number of nitrogens with one attached hydrogen (secondary N) is 1. The highest BCUT2D eigenvalue weighted by Gasteiger charge is 2.15. The Balaban J connectivity index is 1.80. The minimum atomic E-state index is -0.344. The molecule has 3 rings (SSSR count). The molecule has 1 aliphatic rings. The Kier molecular flexibility index (Phi) is 4.15. The summed E-state index contributed by atoms with van der Waals surface area (Å²) in [6, 6.07) is 0.593. The molecule has 2 aromatic rings. The number of fused-ring (bicyclic) bond motifs is 1. The number of aryl methyl sites for hydroxylation is 1. The molecule has 22 heavy (non-hydrogen) atoms. The second-order valence-electron chi connectivity index (χ2n) is 6.10. The van der Waals surface area contributed by atoms with Crippen LogP contribution in [0.3, 0.4) is 0 Å². The van der Waals surface area contributed by atoms with E-state index in [4.69, 9.17) is 0 Å². The molecule has 0 atom stereocenters. The number of rotatable bonds is 4. The average molecular weight is 305 g/mol. The Hall–Kier alpha value is -1.89. The Labute approximate surface area is 128 Å². The zero-order chi connectivity index (χ0) is 15.7. The minimum Gasteiger partial charge on any atom is -0.323 e. The minimum absolute atomic E-state index is 0.284. The van der Waals surface area contributed by atoms with Crippen LogP contribution in [0, 0.1) is 0 Å². The Morgan fingerprint density at radius 3 is 2.64 bits per heavy atom. The maximum absolute atomic E-state index is 12.3. The first-order valence-corrected chi connectivity index (χ1v) is 7.94. The van der Waals surface area contributed by atoms with Crippen molar-refractivity contribution in [2.75, 3.05) is 6.54 Å². The monoisotopic (exact) mass is 305 g/mol. The van der Waals surface area contributed by atoms with Crippen LogP contribution in [0.4, 0.5) is 0 Å². The van der Waals surface area contributed by atoms with E-state index in [-0.39, 0.29) is 11.2 Å². The first-order valence-electron chi connectivity index (χ1n) is 7.94. The highest BCUT2D eigenvalue weighted by atomic mass is 16.2. The molecule has 0 aliphatic heterocycles. The van der Waals surface area contributed by atoms with Crippen LogP contribution in [0.5, 0.6) is 0 Å². The molecule has 2 heterocycles. The average Bonchev–Trinajstić information content (AvgIpc) is 2.96. The lowest BCUT2D eigenvalue weighted by Gasteiger charge is -2.22. The van der Waals surface area contributed by atoms with Crippen LogP contribution in [0.2, 0.25) is 0 Å². The molecule has 0 radical (unpaired) electrons. The summed E-state index contributed by atoms with van der Waals surface area (Å²) in [4.78, 5) is 28.4. The molecule has 1 fully saturated rings. The lowest BCUT2D eigenvalue weighted by atomic mass is 9.95. The van der Waals surface area contributed by atoms with E-state index in [2.05, 4.69) is 10.3 Å². The van der Waals surface area contributed by atoms with Crippen molar-refractivity contribution in [1.82, 2.24) is 24.0 Å². The first-order chi connectivity index (χ1) is 10.6. The van der Waals surface area contributed by atoms with E-state index in [9.17, 15) is 9.59 Å². The van der Waals surface area contributed by atoms with Crippen molar-refractivity contribution in [1.29, 1.82) is 0 Å². The van der Waals surface area contributed by atoms with E-state index in [0.717, 1.165) is 11.1 Å². The van der Waals surface area contributed by atoms with Crippen molar-refractivity contribution in [3.8, 4) is 0 Å². The maximum atomic E-state index is 12.3. The van der Waals surface area contributed by atoms with Crippen molar-refractivity contribution in [3.63, 3.8) is 0 Å². The Morgan fingerprint density at radius 1 is 1.18 bits per heavy atom. The van der Waals surface area contributed by atoms with Gasteiger partial charge in [-0.3, -0.25) is 13.9 Å². The van der Waals surface area contributed by atoms with Gasteiger partial charge in [-0.2, -0.15) is 0 Å². The van der Waals surface area contributed by atoms with Gasteiger partial charge in [-0.05, 0) is 12.8 Å². The molecule has 0 unspecified atom stereocenters. The van der Waals surface area contributed by atoms with Gasteiger partial charge in [-0.15, -0.1) is 0 Å². The number of hydrogen-bond acceptors (Lipinski definition) is 4. The molecule has 7 heteroatoms. The summed E-state index contributed by atoms with van der Waals surface area (Å²) in [7, 11) is 3.14. The molecule has 7 nitrogen and oxygen atoms in total. The Bertz CT molecular complexity index is 780. The van der Waals surface area contributed by atoms with Gasteiger partial charge in [-0.25, -0.2) is 9.78 Å². The van der Waals surface area contributed by atoms with E-state index >= 15 is 0 Å². The van der Waals surface area contributed by atoms with Gasteiger partial charge in [-0.1, -0.05) is 19.3 Å². The van der Waals surface area contributed by atoms with Crippen molar-refractivity contribution >= 4 is 11.2 Å². The largest absolute Gasteiger partial charge is 0.332 e. The van der Waals surface area contributed by atoms with Crippen LogP contribution >= 0.6 is 0 Å². The van der Waals surface area contributed by atoms with Crippen molar-refractivity contribution in [2.45, 2.75) is 44.7 Å². The number of imidazole rings is 1. The molecule has 1 aliphatic carbocycles. The third-order valence-electron chi connectivity index (χ3n) is 4.61. The summed E-state index contributed by atoms with van der Waals surface area (Å²) < 4.78 is 4.39. The molecular formula is C15H23N5O2. The fourth-order valence-electron chi connectivity index (χ4n) is 3.26. The topological polar surface area (TPSA) is 73.8 Å². The number of nitrogens with zero attached hydrogens (tertiary/aromatic N) is 4. The van der Waals surface area contributed by atoms with Crippen LogP contribution in [0.1, 0.15) is 32.1 Å². The smallest absolute Gasteiger partial charge is 0.323 e. The lowest BCUT2D eigenvalue weighted by molar-refractivity contribution is 0.368. The van der Waals surface area contributed by atoms with Crippen molar-refractivity contribution in [3.05, 3.63) is 27.2 Å². The molecule has 0 saturated heterocycles. The van der Waals surface area contributed by atoms with E-state index in [1.54, 1.807) is 13.4 Å². The summed E-state index contributed by atoms with van der Waals surface area (Å²) in [5.41, 5.74) is 0.317. The summed E-state index contributed by atoms with van der Waals surface area (Å²) in [5, 5.41) is 3.56. The second-order valence-corrected chi connectivity index (χ2v) is 6.10. The van der Waals surface area contributed by atoms with Crippen LogP contribution < -0.4 is 16.6 Å². The normalized spacial score (nSPS) is 16.5.